The lowest BCUT2D eigenvalue weighted by atomic mass is 10.1. The van der Waals surface area contributed by atoms with Gasteiger partial charge in [-0.1, -0.05) is 30.3 Å². The van der Waals surface area contributed by atoms with Crippen molar-refractivity contribution in [2.24, 2.45) is 0 Å². The average molecular weight is 303 g/mol. The Labute approximate surface area is 134 Å². The minimum Gasteiger partial charge on any atom is -0.493 e. The Hall–Kier alpha value is -2.94. The molecule has 1 aromatic heterocycles. The number of hydrogen-bond donors (Lipinski definition) is 1. The Morgan fingerprint density at radius 2 is 1.57 bits per heavy atom. The number of fused-ring (bicyclic) bond motifs is 3. The van der Waals surface area contributed by atoms with Gasteiger partial charge in [-0.2, -0.15) is 0 Å². The van der Waals surface area contributed by atoms with Crippen LogP contribution in [-0.2, 0) is 0 Å². The molecule has 3 nitrogen and oxygen atoms in total. The number of ether oxygens (including phenoxy) is 2. The highest BCUT2D eigenvalue weighted by Gasteiger charge is 2.10. The highest BCUT2D eigenvalue weighted by atomic mass is 16.5. The van der Waals surface area contributed by atoms with E-state index in [1.807, 2.05) is 18.2 Å². The van der Waals surface area contributed by atoms with Crippen molar-refractivity contribution >= 4 is 21.7 Å². The Morgan fingerprint density at radius 1 is 0.739 bits per heavy atom. The van der Waals surface area contributed by atoms with Gasteiger partial charge in [-0.3, -0.25) is 0 Å². The number of nitrogens with one attached hydrogen (secondary N) is 1. The number of H-pyrrole nitrogens is 1. The number of methoxy groups -OCH3 is 2. The molecule has 0 radical (unpaired) electrons. The minimum atomic E-state index is 0.730. The van der Waals surface area contributed by atoms with Gasteiger partial charge in [0.2, 0.25) is 0 Å². The molecule has 3 aromatic carbocycles. The van der Waals surface area contributed by atoms with E-state index in [4.69, 9.17) is 9.47 Å². The zero-order valence-electron chi connectivity index (χ0n) is 13.1. The fourth-order valence-electron chi connectivity index (χ4n) is 3.04. The molecule has 1 heterocycles. The molecule has 1 N–H and O–H groups in total. The van der Waals surface area contributed by atoms with Crippen molar-refractivity contribution in [3.8, 4) is 22.8 Å². The third kappa shape index (κ3) is 2.21. The Kier molecular flexibility index (Phi) is 3.19. The second-order valence-electron chi connectivity index (χ2n) is 5.50. The van der Waals surface area contributed by atoms with Gasteiger partial charge in [0.15, 0.2) is 11.5 Å². The normalized spacial score (nSPS) is 11.0. The second kappa shape index (κ2) is 5.36. The van der Waals surface area contributed by atoms with Gasteiger partial charge in [0, 0.05) is 22.2 Å². The van der Waals surface area contributed by atoms with Gasteiger partial charge in [0.25, 0.3) is 0 Å². The Morgan fingerprint density at radius 3 is 2.39 bits per heavy atom. The summed E-state index contributed by atoms with van der Waals surface area (Å²) in [7, 11) is 3.30. The molecule has 0 amide bonds. The first-order valence-corrected chi connectivity index (χ1v) is 7.53. The molecule has 0 bridgehead atoms. The molecule has 0 fully saturated rings. The number of aromatic amines is 1. The molecule has 0 saturated heterocycles. The predicted molar refractivity (Wildman–Crippen MR) is 94.3 cm³/mol. The molecule has 0 spiro atoms. The fourth-order valence-corrected chi connectivity index (χ4v) is 3.04. The maximum atomic E-state index is 5.40. The minimum absolute atomic E-state index is 0.730. The Balaban J connectivity index is 1.91. The van der Waals surface area contributed by atoms with Crippen molar-refractivity contribution in [2.75, 3.05) is 14.2 Å². The Bertz CT molecular complexity index is 1000. The van der Waals surface area contributed by atoms with E-state index in [9.17, 15) is 0 Å². The molecule has 0 aliphatic carbocycles. The van der Waals surface area contributed by atoms with Crippen molar-refractivity contribution < 1.29 is 9.47 Å². The lowest BCUT2D eigenvalue weighted by molar-refractivity contribution is 0.355. The topological polar surface area (TPSA) is 34.2 Å². The summed E-state index contributed by atoms with van der Waals surface area (Å²) in [6.45, 7) is 0. The van der Waals surface area contributed by atoms with Gasteiger partial charge >= 0.3 is 0 Å². The molecule has 4 rings (SSSR count). The molecule has 0 aliphatic heterocycles. The van der Waals surface area contributed by atoms with Crippen LogP contribution < -0.4 is 9.47 Å². The van der Waals surface area contributed by atoms with E-state index in [1.54, 1.807) is 14.2 Å². The third-order valence-electron chi connectivity index (χ3n) is 4.22. The highest BCUT2D eigenvalue weighted by Crippen LogP contribution is 2.34. The van der Waals surface area contributed by atoms with E-state index in [0.29, 0.717) is 0 Å². The molecule has 0 aliphatic rings. The van der Waals surface area contributed by atoms with Gasteiger partial charge < -0.3 is 14.5 Å². The molecule has 0 atom stereocenters. The zero-order valence-corrected chi connectivity index (χ0v) is 13.1. The molecule has 23 heavy (non-hydrogen) atoms. The maximum Gasteiger partial charge on any atom is 0.161 e. The van der Waals surface area contributed by atoms with Crippen molar-refractivity contribution in [3.05, 3.63) is 60.7 Å². The summed E-state index contributed by atoms with van der Waals surface area (Å²) in [5.41, 5.74) is 3.27. The van der Waals surface area contributed by atoms with Crippen LogP contribution in [0.4, 0.5) is 0 Å². The standard InChI is InChI=1S/C20H17NO2/c1-22-19-10-8-14(11-20(19)23-2)18-12-16-15-6-4-3-5-13(15)7-9-17(16)21-18/h3-12,21H,1-2H3. The van der Waals surface area contributed by atoms with Gasteiger partial charge in [0.1, 0.15) is 0 Å². The molecular weight excluding hydrogens is 286 g/mol. The molecule has 114 valence electrons. The average Bonchev–Trinajstić information content (AvgIpc) is 3.05. The molecule has 3 heteroatoms. The lowest BCUT2D eigenvalue weighted by Crippen LogP contribution is -1.90. The van der Waals surface area contributed by atoms with Crippen molar-refractivity contribution in [1.82, 2.24) is 4.98 Å². The van der Waals surface area contributed by atoms with E-state index in [0.717, 1.165) is 28.3 Å². The summed E-state index contributed by atoms with van der Waals surface area (Å²) < 4.78 is 10.7. The monoisotopic (exact) mass is 303 g/mol. The third-order valence-corrected chi connectivity index (χ3v) is 4.22. The van der Waals surface area contributed by atoms with Crippen LogP contribution in [0.25, 0.3) is 32.9 Å². The summed E-state index contributed by atoms with van der Waals surface area (Å²) >= 11 is 0. The maximum absolute atomic E-state index is 5.40. The largest absolute Gasteiger partial charge is 0.493 e. The molecule has 0 unspecified atom stereocenters. The number of benzene rings is 3. The summed E-state index contributed by atoms with van der Waals surface area (Å²) in [6, 6.07) is 20.9. The smallest absolute Gasteiger partial charge is 0.161 e. The molecule has 0 saturated carbocycles. The van der Waals surface area contributed by atoms with Crippen LogP contribution >= 0.6 is 0 Å². The van der Waals surface area contributed by atoms with E-state index >= 15 is 0 Å². The summed E-state index contributed by atoms with van der Waals surface area (Å²) in [4.78, 5) is 3.50. The van der Waals surface area contributed by atoms with Gasteiger partial charge in [-0.25, -0.2) is 0 Å². The van der Waals surface area contributed by atoms with Crippen molar-refractivity contribution in [2.45, 2.75) is 0 Å². The first-order valence-electron chi connectivity index (χ1n) is 7.53. The van der Waals surface area contributed by atoms with Gasteiger partial charge in [-0.15, -0.1) is 0 Å². The van der Waals surface area contributed by atoms with E-state index in [1.165, 1.54) is 16.2 Å². The molecular formula is C20H17NO2. The van der Waals surface area contributed by atoms with Crippen LogP contribution in [0.3, 0.4) is 0 Å². The highest BCUT2D eigenvalue weighted by molar-refractivity contribution is 6.08. The van der Waals surface area contributed by atoms with E-state index in [-0.39, 0.29) is 0 Å². The van der Waals surface area contributed by atoms with Crippen LogP contribution in [0.2, 0.25) is 0 Å². The van der Waals surface area contributed by atoms with Crippen LogP contribution in [0.1, 0.15) is 0 Å². The van der Waals surface area contributed by atoms with Gasteiger partial charge in [-0.05, 0) is 41.1 Å². The number of hydrogen-bond acceptors (Lipinski definition) is 2. The lowest BCUT2D eigenvalue weighted by Gasteiger charge is -2.08. The summed E-state index contributed by atoms with van der Waals surface area (Å²) in [6.07, 6.45) is 0. The summed E-state index contributed by atoms with van der Waals surface area (Å²) in [5.74, 6) is 1.46. The summed E-state index contributed by atoms with van der Waals surface area (Å²) in [5, 5.41) is 3.73. The van der Waals surface area contributed by atoms with Crippen molar-refractivity contribution in [1.29, 1.82) is 0 Å². The quantitative estimate of drug-likeness (QED) is 0.577. The van der Waals surface area contributed by atoms with Crippen LogP contribution in [0.15, 0.2) is 60.7 Å². The first kappa shape index (κ1) is 13.7. The van der Waals surface area contributed by atoms with E-state index < -0.39 is 0 Å². The number of rotatable bonds is 3. The van der Waals surface area contributed by atoms with Crippen LogP contribution in [0, 0.1) is 0 Å². The first-order chi connectivity index (χ1) is 11.3. The van der Waals surface area contributed by atoms with Gasteiger partial charge in [0.05, 0.1) is 14.2 Å². The van der Waals surface area contributed by atoms with Crippen LogP contribution in [0.5, 0.6) is 11.5 Å². The second-order valence-corrected chi connectivity index (χ2v) is 5.50. The zero-order chi connectivity index (χ0) is 15.8. The SMILES string of the molecule is COc1ccc(-c2cc3c(ccc4ccccc43)[nH]2)cc1OC. The number of aromatic nitrogens is 1. The van der Waals surface area contributed by atoms with Crippen molar-refractivity contribution in [3.63, 3.8) is 0 Å². The fraction of sp³-hybridized carbons (Fsp3) is 0.100. The predicted octanol–water partition coefficient (Wildman–Crippen LogP) is 5.01. The van der Waals surface area contributed by atoms with Crippen LogP contribution in [-0.4, -0.2) is 19.2 Å². The molecule has 4 aromatic rings. The van der Waals surface area contributed by atoms with E-state index in [2.05, 4.69) is 47.4 Å².